The number of aromatic nitrogens is 2. The highest BCUT2D eigenvalue weighted by Crippen LogP contribution is 2.34. The highest BCUT2D eigenvalue weighted by molar-refractivity contribution is 7.93. The molecule has 0 bridgehead atoms. The minimum Gasteiger partial charge on any atom is -0.277 e. The van der Waals surface area contributed by atoms with Crippen molar-refractivity contribution in [1.29, 1.82) is 0 Å². The van der Waals surface area contributed by atoms with E-state index in [9.17, 15) is 16.8 Å². The summed E-state index contributed by atoms with van der Waals surface area (Å²) in [6.07, 6.45) is 0. The van der Waals surface area contributed by atoms with Gasteiger partial charge in [-0.3, -0.25) is 9.40 Å². The van der Waals surface area contributed by atoms with Crippen LogP contribution in [-0.4, -0.2) is 26.6 Å². The number of aryl methyl sites for hydroxylation is 2. The third-order valence-corrected chi connectivity index (χ3v) is 8.35. The lowest BCUT2D eigenvalue weighted by Crippen LogP contribution is -2.15. The van der Waals surface area contributed by atoms with Gasteiger partial charge in [0.15, 0.2) is 0 Å². The quantitative estimate of drug-likeness (QED) is 0.669. The zero-order valence-electron chi connectivity index (χ0n) is 13.7. The van der Waals surface area contributed by atoms with Gasteiger partial charge in [0.05, 0.1) is 16.3 Å². The van der Waals surface area contributed by atoms with Crippen LogP contribution in [-0.2, 0) is 26.9 Å². The van der Waals surface area contributed by atoms with Gasteiger partial charge < -0.3 is 0 Å². The molecule has 0 amide bonds. The van der Waals surface area contributed by atoms with Crippen LogP contribution in [0, 0.1) is 6.92 Å². The molecule has 0 saturated carbocycles. The first-order valence-corrected chi connectivity index (χ1v) is 11.5. The maximum atomic E-state index is 12.8. The Bertz CT molecular complexity index is 1170. The Morgan fingerprint density at radius 3 is 2.35 bits per heavy atom. The minimum absolute atomic E-state index is 0.0295. The number of rotatable bonds is 5. The molecule has 1 aromatic carbocycles. The van der Waals surface area contributed by atoms with Gasteiger partial charge >= 0.3 is 0 Å². The van der Waals surface area contributed by atoms with Crippen LogP contribution >= 0.6 is 22.9 Å². The Balaban J connectivity index is 2.05. The lowest BCUT2D eigenvalue weighted by atomic mass is 10.4. The molecule has 26 heavy (non-hydrogen) atoms. The fourth-order valence-corrected chi connectivity index (χ4v) is 6.93. The molecule has 3 rings (SSSR count). The van der Waals surface area contributed by atoms with Crippen LogP contribution in [0.5, 0.6) is 0 Å². The van der Waals surface area contributed by atoms with Gasteiger partial charge in [-0.05, 0) is 19.1 Å². The largest absolute Gasteiger partial charge is 0.277 e. The van der Waals surface area contributed by atoms with E-state index in [1.54, 1.807) is 18.2 Å². The third kappa shape index (κ3) is 3.25. The third-order valence-electron chi connectivity index (χ3n) is 3.58. The second kappa shape index (κ2) is 6.69. The summed E-state index contributed by atoms with van der Waals surface area (Å²) in [6.45, 7) is 1.51. The molecule has 0 radical (unpaired) electrons. The van der Waals surface area contributed by atoms with Crippen molar-refractivity contribution in [2.24, 2.45) is 7.05 Å². The molecule has 2 heterocycles. The van der Waals surface area contributed by atoms with Crippen molar-refractivity contribution < 1.29 is 16.8 Å². The average molecular weight is 432 g/mol. The van der Waals surface area contributed by atoms with Crippen LogP contribution in [0.4, 0.5) is 5.69 Å². The summed E-state index contributed by atoms with van der Waals surface area (Å²) in [5.74, 6) is 0. The number of anilines is 1. The van der Waals surface area contributed by atoms with Crippen molar-refractivity contribution in [2.75, 3.05) is 4.72 Å². The van der Waals surface area contributed by atoms with Gasteiger partial charge in [-0.15, -0.1) is 11.3 Å². The van der Waals surface area contributed by atoms with Gasteiger partial charge in [-0.1, -0.05) is 29.8 Å². The summed E-state index contributed by atoms with van der Waals surface area (Å²) in [5.41, 5.74) is 0.186. The van der Waals surface area contributed by atoms with E-state index in [1.165, 1.54) is 41.5 Å². The predicted molar refractivity (Wildman–Crippen MR) is 100.0 cm³/mol. The molecule has 0 unspecified atom stereocenters. The summed E-state index contributed by atoms with van der Waals surface area (Å²) in [4.78, 5) is -0.222. The van der Waals surface area contributed by atoms with Crippen molar-refractivity contribution in [1.82, 2.24) is 9.78 Å². The summed E-state index contributed by atoms with van der Waals surface area (Å²) >= 11 is 7.11. The van der Waals surface area contributed by atoms with Crippen LogP contribution in [0.1, 0.15) is 5.69 Å². The van der Waals surface area contributed by atoms with Crippen LogP contribution in [0.25, 0.3) is 0 Å². The fourth-order valence-electron chi connectivity index (χ4n) is 2.41. The van der Waals surface area contributed by atoms with E-state index in [4.69, 9.17) is 11.6 Å². The molecule has 0 atom stereocenters. The maximum Gasteiger partial charge on any atom is 0.266 e. The molecule has 0 aliphatic heterocycles. The molecule has 11 heteroatoms. The number of sulfone groups is 1. The topological polar surface area (TPSA) is 98.1 Å². The molecule has 2 aromatic heterocycles. The Morgan fingerprint density at radius 1 is 1.12 bits per heavy atom. The number of nitrogens with zero attached hydrogens (tertiary/aromatic N) is 2. The highest BCUT2D eigenvalue weighted by Gasteiger charge is 2.29. The van der Waals surface area contributed by atoms with Crippen molar-refractivity contribution in [3.8, 4) is 0 Å². The fraction of sp³-hybridized carbons (Fsp3) is 0.133. The Kier molecular flexibility index (Phi) is 4.86. The number of thiophene rings is 1. The van der Waals surface area contributed by atoms with Gasteiger partial charge in [-0.25, -0.2) is 16.8 Å². The summed E-state index contributed by atoms with van der Waals surface area (Å²) < 4.78 is 54.6. The standard InChI is InChI=1S/C15H14ClN3O4S3/c1-10-14(15(16)19(2)17-10)26(22,23)18-12-8-24-9-13(12)25(20,21)11-6-4-3-5-7-11/h3-9,18H,1-2H3. The molecule has 0 spiro atoms. The minimum atomic E-state index is -4.11. The van der Waals surface area contributed by atoms with Gasteiger partial charge in [0.1, 0.15) is 14.9 Å². The molecular formula is C15H14ClN3O4S3. The zero-order valence-corrected chi connectivity index (χ0v) is 16.9. The van der Waals surface area contributed by atoms with E-state index in [1.807, 2.05) is 0 Å². The molecule has 138 valence electrons. The van der Waals surface area contributed by atoms with Crippen molar-refractivity contribution in [2.45, 2.75) is 21.6 Å². The number of hydrogen-bond donors (Lipinski definition) is 1. The zero-order chi connectivity index (χ0) is 19.1. The summed E-state index contributed by atoms with van der Waals surface area (Å²) in [5, 5.41) is 6.73. The molecule has 0 saturated heterocycles. The Labute approximate surface area is 160 Å². The van der Waals surface area contributed by atoms with Crippen LogP contribution < -0.4 is 4.72 Å². The molecule has 0 fully saturated rings. The monoisotopic (exact) mass is 431 g/mol. The van der Waals surface area contributed by atoms with Crippen molar-refractivity contribution in [3.63, 3.8) is 0 Å². The lowest BCUT2D eigenvalue weighted by molar-refractivity contribution is 0.597. The van der Waals surface area contributed by atoms with E-state index >= 15 is 0 Å². The van der Waals surface area contributed by atoms with Gasteiger partial charge in [-0.2, -0.15) is 5.10 Å². The Hall–Kier alpha value is -1.88. The number of halogens is 1. The summed E-state index contributed by atoms with van der Waals surface area (Å²) in [6, 6.07) is 7.80. The number of sulfonamides is 1. The van der Waals surface area contributed by atoms with Crippen LogP contribution in [0.2, 0.25) is 5.15 Å². The molecule has 0 aliphatic carbocycles. The molecular weight excluding hydrogens is 418 g/mol. The van der Waals surface area contributed by atoms with Crippen molar-refractivity contribution >= 4 is 48.5 Å². The number of benzene rings is 1. The van der Waals surface area contributed by atoms with E-state index < -0.39 is 19.9 Å². The first kappa shape index (κ1) is 18.9. The van der Waals surface area contributed by atoms with E-state index in [2.05, 4.69) is 9.82 Å². The van der Waals surface area contributed by atoms with Gasteiger partial charge in [0.25, 0.3) is 10.0 Å². The lowest BCUT2D eigenvalue weighted by Gasteiger charge is -2.10. The van der Waals surface area contributed by atoms with E-state index in [-0.39, 0.29) is 31.2 Å². The molecule has 1 N–H and O–H groups in total. The molecule has 7 nitrogen and oxygen atoms in total. The van der Waals surface area contributed by atoms with Crippen molar-refractivity contribution in [3.05, 3.63) is 51.9 Å². The normalized spacial score (nSPS) is 12.3. The number of hydrogen-bond acceptors (Lipinski definition) is 6. The molecule has 3 aromatic rings. The summed E-state index contributed by atoms with van der Waals surface area (Å²) in [7, 11) is -6.46. The molecule has 0 aliphatic rings. The average Bonchev–Trinajstić information content (AvgIpc) is 3.13. The van der Waals surface area contributed by atoms with E-state index in [0.717, 1.165) is 11.3 Å². The second-order valence-electron chi connectivity index (χ2n) is 5.40. The van der Waals surface area contributed by atoms with E-state index in [0.29, 0.717) is 0 Å². The predicted octanol–water partition coefficient (Wildman–Crippen LogP) is 3.08. The van der Waals surface area contributed by atoms with Gasteiger partial charge in [0, 0.05) is 17.8 Å². The highest BCUT2D eigenvalue weighted by atomic mass is 35.5. The second-order valence-corrected chi connectivity index (χ2v) is 10.0. The Morgan fingerprint density at radius 2 is 1.77 bits per heavy atom. The maximum absolute atomic E-state index is 12.8. The van der Waals surface area contributed by atoms with Gasteiger partial charge in [0.2, 0.25) is 9.84 Å². The first-order valence-electron chi connectivity index (χ1n) is 7.23. The SMILES string of the molecule is Cc1nn(C)c(Cl)c1S(=O)(=O)Nc1cscc1S(=O)(=O)c1ccccc1. The van der Waals surface area contributed by atoms with Crippen LogP contribution in [0.3, 0.4) is 0 Å². The smallest absolute Gasteiger partial charge is 0.266 e. The first-order chi connectivity index (χ1) is 12.1. The number of nitrogens with one attached hydrogen (secondary N) is 1. The van der Waals surface area contributed by atoms with Crippen LogP contribution in [0.15, 0.2) is 55.8 Å².